The molecule has 5 nitrogen and oxygen atoms in total. The fraction of sp³-hybridized carbons (Fsp3) is 0.533. The van der Waals surface area contributed by atoms with E-state index in [2.05, 4.69) is 15.1 Å². The second-order valence-electron chi connectivity index (χ2n) is 5.36. The van der Waals surface area contributed by atoms with Crippen molar-refractivity contribution in [1.82, 2.24) is 15.1 Å². The van der Waals surface area contributed by atoms with Crippen LogP contribution >= 0.6 is 0 Å². The topological polar surface area (TPSA) is 61.4 Å². The first-order chi connectivity index (χ1) is 9.85. The number of benzene rings is 1. The van der Waals surface area contributed by atoms with Gasteiger partial charge in [0.05, 0.1) is 24.4 Å². The summed E-state index contributed by atoms with van der Waals surface area (Å²) in [6.45, 7) is 3.07. The second-order valence-corrected chi connectivity index (χ2v) is 5.36. The van der Waals surface area contributed by atoms with Crippen LogP contribution in [0.2, 0.25) is 0 Å². The highest BCUT2D eigenvalue weighted by Crippen LogP contribution is 2.22. The van der Waals surface area contributed by atoms with E-state index in [1.165, 1.54) is 0 Å². The molecule has 5 heteroatoms. The predicted molar refractivity (Wildman–Crippen MR) is 77.9 cm³/mol. The minimum Gasteiger partial charge on any atom is -0.490 e. The normalized spacial score (nSPS) is 20.9. The highest BCUT2D eigenvalue weighted by atomic mass is 16.5. The maximum Gasteiger partial charge on any atom is 0.120 e. The van der Waals surface area contributed by atoms with Gasteiger partial charge in [0.2, 0.25) is 0 Å². The summed E-state index contributed by atoms with van der Waals surface area (Å²) in [6.07, 6.45) is 5.30. The van der Waals surface area contributed by atoms with Crippen molar-refractivity contribution in [3.63, 3.8) is 0 Å². The zero-order valence-corrected chi connectivity index (χ0v) is 11.6. The van der Waals surface area contributed by atoms with Gasteiger partial charge in [-0.1, -0.05) is 0 Å². The van der Waals surface area contributed by atoms with Gasteiger partial charge in [0.1, 0.15) is 5.75 Å². The number of rotatable bonds is 4. The van der Waals surface area contributed by atoms with Crippen LogP contribution in [0.15, 0.2) is 24.4 Å². The Labute approximate surface area is 118 Å². The van der Waals surface area contributed by atoms with E-state index in [1.54, 1.807) is 0 Å². The zero-order chi connectivity index (χ0) is 13.8. The quantitative estimate of drug-likeness (QED) is 0.893. The Balaban J connectivity index is 1.62. The molecule has 20 heavy (non-hydrogen) atoms. The summed E-state index contributed by atoms with van der Waals surface area (Å²) in [5, 5.41) is 17.1. The first kappa shape index (κ1) is 13.4. The number of nitrogens with zero attached hydrogens (tertiary/aromatic N) is 2. The largest absolute Gasteiger partial charge is 0.490 e. The van der Waals surface area contributed by atoms with Crippen LogP contribution in [0.1, 0.15) is 19.3 Å². The minimum absolute atomic E-state index is 0.239. The second kappa shape index (κ2) is 6.24. The number of fused-ring (bicyclic) bond motifs is 1. The van der Waals surface area contributed by atoms with E-state index < -0.39 is 0 Å². The van der Waals surface area contributed by atoms with Crippen molar-refractivity contribution in [2.45, 2.75) is 25.4 Å². The van der Waals surface area contributed by atoms with Crippen LogP contribution in [0.3, 0.4) is 0 Å². The number of nitrogens with one attached hydrogen (secondary N) is 1. The lowest BCUT2D eigenvalue weighted by Crippen LogP contribution is -2.28. The molecule has 0 amide bonds. The summed E-state index contributed by atoms with van der Waals surface area (Å²) < 4.78 is 6.11. The molecule has 0 saturated carbocycles. The van der Waals surface area contributed by atoms with Crippen molar-refractivity contribution in [2.24, 2.45) is 0 Å². The van der Waals surface area contributed by atoms with Crippen molar-refractivity contribution in [3.8, 4) is 5.75 Å². The van der Waals surface area contributed by atoms with E-state index in [0.717, 1.165) is 55.5 Å². The molecule has 2 aromatic rings. The number of likely N-dealkylation sites (tertiary alicyclic amines) is 1. The molecule has 0 aliphatic carbocycles. The van der Waals surface area contributed by atoms with Crippen molar-refractivity contribution in [1.29, 1.82) is 0 Å². The number of aromatic amines is 1. The van der Waals surface area contributed by atoms with Gasteiger partial charge in [-0.05, 0) is 44.0 Å². The van der Waals surface area contributed by atoms with E-state index in [4.69, 9.17) is 9.84 Å². The Kier molecular flexibility index (Phi) is 4.18. The highest BCUT2D eigenvalue weighted by molar-refractivity contribution is 5.79. The standard InChI is InChI=1S/C15H21N3O2/c19-9-8-18-6-1-2-13(5-7-18)20-14-3-4-15-12(10-14)11-16-17-15/h3-4,10-11,13,19H,1-2,5-9H2,(H,16,17). The van der Waals surface area contributed by atoms with Gasteiger partial charge >= 0.3 is 0 Å². The van der Waals surface area contributed by atoms with Crippen LogP contribution in [-0.2, 0) is 0 Å². The smallest absolute Gasteiger partial charge is 0.120 e. The fourth-order valence-electron chi connectivity index (χ4n) is 2.79. The van der Waals surface area contributed by atoms with Crippen LogP contribution < -0.4 is 4.74 Å². The van der Waals surface area contributed by atoms with Gasteiger partial charge < -0.3 is 14.7 Å². The molecular weight excluding hydrogens is 254 g/mol. The summed E-state index contributed by atoms with van der Waals surface area (Å²) in [5.41, 5.74) is 1.03. The molecule has 108 valence electrons. The lowest BCUT2D eigenvalue weighted by molar-refractivity contribution is 0.171. The predicted octanol–water partition coefficient (Wildman–Crippen LogP) is 1.79. The molecule has 1 aromatic carbocycles. The van der Waals surface area contributed by atoms with Gasteiger partial charge in [0, 0.05) is 18.5 Å². The number of H-pyrrole nitrogens is 1. The van der Waals surface area contributed by atoms with Gasteiger partial charge in [-0.25, -0.2) is 0 Å². The van der Waals surface area contributed by atoms with Crippen molar-refractivity contribution >= 4 is 10.9 Å². The van der Waals surface area contributed by atoms with Crippen LogP contribution in [-0.4, -0.2) is 52.5 Å². The lowest BCUT2D eigenvalue weighted by Gasteiger charge is -2.19. The van der Waals surface area contributed by atoms with E-state index in [0.29, 0.717) is 0 Å². The van der Waals surface area contributed by atoms with E-state index in [9.17, 15) is 0 Å². The molecule has 1 saturated heterocycles. The minimum atomic E-state index is 0.239. The SMILES string of the molecule is OCCN1CCCC(Oc2ccc3[nH]ncc3c2)CC1. The summed E-state index contributed by atoms with van der Waals surface area (Å²) in [7, 11) is 0. The highest BCUT2D eigenvalue weighted by Gasteiger charge is 2.18. The maximum atomic E-state index is 9.01. The molecule has 2 N–H and O–H groups in total. The molecule has 1 unspecified atom stereocenters. The number of aromatic nitrogens is 2. The molecule has 0 bridgehead atoms. The average Bonchev–Trinajstić information content (AvgIpc) is 2.81. The Hall–Kier alpha value is -1.59. The maximum absolute atomic E-state index is 9.01. The number of aliphatic hydroxyl groups is 1. The molecule has 2 heterocycles. The summed E-state index contributed by atoms with van der Waals surface area (Å²) >= 11 is 0. The Bertz CT molecular complexity index is 555. The Morgan fingerprint density at radius 1 is 1.35 bits per heavy atom. The molecule has 0 radical (unpaired) electrons. The molecule has 1 aromatic heterocycles. The Morgan fingerprint density at radius 3 is 3.20 bits per heavy atom. The van der Waals surface area contributed by atoms with Gasteiger partial charge in [-0.2, -0.15) is 5.10 Å². The number of aliphatic hydroxyl groups excluding tert-OH is 1. The van der Waals surface area contributed by atoms with Crippen LogP contribution in [0.25, 0.3) is 10.9 Å². The monoisotopic (exact) mass is 275 g/mol. The number of hydrogen-bond acceptors (Lipinski definition) is 4. The van der Waals surface area contributed by atoms with Crippen LogP contribution in [0.4, 0.5) is 0 Å². The first-order valence-corrected chi connectivity index (χ1v) is 7.28. The molecule has 1 atom stereocenters. The third-order valence-corrected chi connectivity index (χ3v) is 3.90. The fourth-order valence-corrected chi connectivity index (χ4v) is 2.79. The number of hydrogen-bond donors (Lipinski definition) is 2. The summed E-state index contributed by atoms with van der Waals surface area (Å²) in [4.78, 5) is 2.31. The van der Waals surface area contributed by atoms with Gasteiger partial charge in [0.15, 0.2) is 0 Å². The third kappa shape index (κ3) is 3.11. The van der Waals surface area contributed by atoms with E-state index in [1.807, 2.05) is 24.4 Å². The van der Waals surface area contributed by atoms with Crippen molar-refractivity contribution in [3.05, 3.63) is 24.4 Å². The molecule has 1 fully saturated rings. The molecular formula is C15H21N3O2. The zero-order valence-electron chi connectivity index (χ0n) is 11.6. The van der Waals surface area contributed by atoms with Gasteiger partial charge in [0.25, 0.3) is 0 Å². The first-order valence-electron chi connectivity index (χ1n) is 7.28. The summed E-state index contributed by atoms with van der Waals surface area (Å²) in [6, 6.07) is 6.04. The van der Waals surface area contributed by atoms with E-state index >= 15 is 0 Å². The molecule has 1 aliphatic heterocycles. The van der Waals surface area contributed by atoms with Crippen molar-refractivity contribution in [2.75, 3.05) is 26.2 Å². The average molecular weight is 275 g/mol. The summed E-state index contributed by atoms with van der Waals surface area (Å²) in [5.74, 6) is 0.916. The molecule has 1 aliphatic rings. The number of β-amino-alcohol motifs (C(OH)–C–C–N with tert-alkyl or cyclic N) is 1. The number of ether oxygens (including phenoxy) is 1. The third-order valence-electron chi connectivity index (χ3n) is 3.90. The molecule has 3 rings (SSSR count). The van der Waals surface area contributed by atoms with Crippen LogP contribution in [0, 0.1) is 0 Å². The lowest BCUT2D eigenvalue weighted by atomic mass is 10.1. The van der Waals surface area contributed by atoms with Gasteiger partial charge in [-0.3, -0.25) is 5.10 Å². The van der Waals surface area contributed by atoms with E-state index in [-0.39, 0.29) is 12.7 Å². The van der Waals surface area contributed by atoms with Crippen molar-refractivity contribution < 1.29 is 9.84 Å². The Morgan fingerprint density at radius 2 is 2.30 bits per heavy atom. The van der Waals surface area contributed by atoms with Crippen LogP contribution in [0.5, 0.6) is 5.75 Å². The molecule has 0 spiro atoms. The van der Waals surface area contributed by atoms with Gasteiger partial charge in [-0.15, -0.1) is 0 Å².